The lowest BCUT2D eigenvalue weighted by Gasteiger charge is -2.19. The molecular weight excluding hydrogens is 224 g/mol. The molecule has 0 unspecified atom stereocenters. The van der Waals surface area contributed by atoms with Crippen molar-refractivity contribution in [1.82, 2.24) is 9.78 Å². The van der Waals surface area contributed by atoms with Crippen molar-refractivity contribution in [2.24, 2.45) is 0 Å². The van der Waals surface area contributed by atoms with E-state index in [0.717, 1.165) is 4.68 Å². The van der Waals surface area contributed by atoms with Gasteiger partial charge in [0.15, 0.2) is 5.69 Å². The summed E-state index contributed by atoms with van der Waals surface area (Å²) in [5, 5.41) is 3.73. The number of hydrogen-bond acceptors (Lipinski definition) is 5. The zero-order valence-corrected chi connectivity index (χ0v) is 10.4. The van der Waals surface area contributed by atoms with Crippen LogP contribution in [0.2, 0.25) is 0 Å². The molecule has 0 aliphatic carbocycles. The van der Waals surface area contributed by atoms with Crippen LogP contribution in [0.25, 0.3) is 0 Å². The first-order valence-corrected chi connectivity index (χ1v) is 5.29. The Balaban J connectivity index is 2.89. The van der Waals surface area contributed by atoms with E-state index in [1.807, 2.05) is 0 Å². The minimum absolute atomic E-state index is 0.0541. The number of ether oxygens (including phenoxy) is 2. The summed E-state index contributed by atoms with van der Waals surface area (Å²) in [6.07, 6.45) is 0.647. The third-order valence-electron chi connectivity index (χ3n) is 1.69. The van der Waals surface area contributed by atoms with Gasteiger partial charge in [0.25, 0.3) is 0 Å². The predicted octanol–water partition coefficient (Wildman–Crippen LogP) is 1.84. The van der Waals surface area contributed by atoms with Gasteiger partial charge >= 0.3 is 12.1 Å². The van der Waals surface area contributed by atoms with Crippen LogP contribution < -0.4 is 0 Å². The standard InChI is InChI=1S/C11H16N2O4/c1-5-16-10(15)13-8(6-7-12-13)9(14)17-11(2,3)4/h6-7H,5H2,1-4H3. The summed E-state index contributed by atoms with van der Waals surface area (Å²) in [6, 6.07) is 1.41. The molecule has 0 saturated carbocycles. The van der Waals surface area contributed by atoms with Gasteiger partial charge in [0.05, 0.1) is 12.8 Å². The molecule has 6 nitrogen and oxygen atoms in total. The van der Waals surface area contributed by atoms with E-state index in [1.165, 1.54) is 12.3 Å². The molecule has 6 heteroatoms. The maximum Gasteiger partial charge on any atom is 0.435 e. The molecule has 0 N–H and O–H groups in total. The largest absolute Gasteiger partial charge is 0.455 e. The Morgan fingerprint density at radius 3 is 2.59 bits per heavy atom. The lowest BCUT2D eigenvalue weighted by Crippen LogP contribution is -2.27. The second-order valence-corrected chi connectivity index (χ2v) is 4.33. The summed E-state index contributed by atoms with van der Waals surface area (Å²) < 4.78 is 10.8. The van der Waals surface area contributed by atoms with Crippen LogP contribution in [0.15, 0.2) is 12.3 Å². The van der Waals surface area contributed by atoms with Gasteiger partial charge in [-0.05, 0) is 33.8 Å². The normalized spacial score (nSPS) is 11.1. The molecule has 17 heavy (non-hydrogen) atoms. The molecule has 1 rings (SSSR count). The monoisotopic (exact) mass is 240 g/mol. The fourth-order valence-corrected chi connectivity index (χ4v) is 1.12. The Kier molecular flexibility index (Phi) is 3.88. The molecule has 0 radical (unpaired) electrons. The predicted molar refractivity (Wildman–Crippen MR) is 59.8 cm³/mol. The van der Waals surface area contributed by atoms with E-state index in [1.54, 1.807) is 27.7 Å². The third kappa shape index (κ3) is 3.58. The quantitative estimate of drug-likeness (QED) is 0.738. The highest BCUT2D eigenvalue weighted by atomic mass is 16.6. The van der Waals surface area contributed by atoms with Crippen molar-refractivity contribution in [3.8, 4) is 0 Å². The topological polar surface area (TPSA) is 70.4 Å². The van der Waals surface area contributed by atoms with Crippen molar-refractivity contribution >= 4 is 12.1 Å². The summed E-state index contributed by atoms with van der Waals surface area (Å²) in [7, 11) is 0. The molecule has 0 aliphatic heterocycles. The number of rotatable bonds is 2. The third-order valence-corrected chi connectivity index (χ3v) is 1.69. The van der Waals surface area contributed by atoms with Crippen LogP contribution in [0, 0.1) is 0 Å². The molecule has 0 bridgehead atoms. The number of nitrogens with zero attached hydrogens (tertiary/aromatic N) is 2. The van der Waals surface area contributed by atoms with Crippen molar-refractivity contribution in [2.75, 3.05) is 6.61 Å². The Morgan fingerprint density at radius 1 is 1.41 bits per heavy atom. The van der Waals surface area contributed by atoms with Crippen LogP contribution in [0.5, 0.6) is 0 Å². The maximum absolute atomic E-state index is 11.8. The molecule has 0 amide bonds. The first kappa shape index (κ1) is 13.2. The molecule has 0 spiro atoms. The van der Waals surface area contributed by atoms with Crippen LogP contribution in [-0.2, 0) is 9.47 Å². The van der Waals surface area contributed by atoms with Crippen LogP contribution in [0.1, 0.15) is 38.2 Å². The first-order valence-electron chi connectivity index (χ1n) is 5.29. The molecule has 94 valence electrons. The summed E-state index contributed by atoms with van der Waals surface area (Å²) in [6.45, 7) is 7.13. The Labute approximate surface area is 99.5 Å². The van der Waals surface area contributed by atoms with Crippen LogP contribution >= 0.6 is 0 Å². The highest BCUT2D eigenvalue weighted by Crippen LogP contribution is 2.12. The minimum atomic E-state index is -0.696. The molecule has 1 aromatic heterocycles. The van der Waals surface area contributed by atoms with Gasteiger partial charge in [0, 0.05) is 0 Å². The second-order valence-electron chi connectivity index (χ2n) is 4.33. The number of hydrogen-bond donors (Lipinski definition) is 0. The van der Waals surface area contributed by atoms with Crippen molar-refractivity contribution < 1.29 is 19.1 Å². The molecule has 0 aliphatic rings. The van der Waals surface area contributed by atoms with Crippen molar-refractivity contribution in [3.63, 3.8) is 0 Å². The van der Waals surface area contributed by atoms with E-state index in [4.69, 9.17) is 9.47 Å². The van der Waals surface area contributed by atoms with Crippen molar-refractivity contribution in [1.29, 1.82) is 0 Å². The molecule has 1 heterocycles. The van der Waals surface area contributed by atoms with Gasteiger partial charge in [-0.25, -0.2) is 9.59 Å². The van der Waals surface area contributed by atoms with Gasteiger partial charge in [0.2, 0.25) is 0 Å². The molecule has 0 aromatic carbocycles. The fourth-order valence-electron chi connectivity index (χ4n) is 1.12. The molecule has 0 fully saturated rings. The van der Waals surface area contributed by atoms with Gasteiger partial charge in [-0.3, -0.25) is 0 Å². The van der Waals surface area contributed by atoms with E-state index in [0.29, 0.717) is 0 Å². The Morgan fingerprint density at radius 2 is 2.06 bits per heavy atom. The van der Waals surface area contributed by atoms with Crippen molar-refractivity contribution in [2.45, 2.75) is 33.3 Å². The average molecular weight is 240 g/mol. The van der Waals surface area contributed by atoms with Crippen LogP contribution in [-0.4, -0.2) is 34.1 Å². The summed E-state index contributed by atoms with van der Waals surface area (Å²) in [5.74, 6) is -0.608. The van der Waals surface area contributed by atoms with E-state index >= 15 is 0 Å². The SMILES string of the molecule is CCOC(=O)n1nccc1C(=O)OC(C)(C)C. The van der Waals surface area contributed by atoms with Gasteiger partial charge in [-0.15, -0.1) is 0 Å². The lowest BCUT2D eigenvalue weighted by atomic mass is 10.2. The van der Waals surface area contributed by atoms with E-state index in [-0.39, 0.29) is 12.3 Å². The van der Waals surface area contributed by atoms with Gasteiger partial charge < -0.3 is 9.47 Å². The molecule has 0 saturated heterocycles. The smallest absolute Gasteiger partial charge is 0.435 e. The highest BCUT2D eigenvalue weighted by Gasteiger charge is 2.23. The summed E-state index contributed by atoms with van der Waals surface area (Å²) >= 11 is 0. The molecule has 1 aromatic rings. The fraction of sp³-hybridized carbons (Fsp3) is 0.545. The summed E-state index contributed by atoms with van der Waals surface area (Å²) in [4.78, 5) is 23.2. The zero-order chi connectivity index (χ0) is 13.1. The molecular formula is C11H16N2O4. The zero-order valence-electron chi connectivity index (χ0n) is 10.4. The number of carbonyl (C=O) groups excluding carboxylic acids is 2. The second kappa shape index (κ2) is 4.99. The van der Waals surface area contributed by atoms with Crippen LogP contribution in [0.4, 0.5) is 4.79 Å². The highest BCUT2D eigenvalue weighted by molar-refractivity contribution is 5.91. The average Bonchev–Trinajstić information content (AvgIpc) is 2.63. The minimum Gasteiger partial charge on any atom is -0.455 e. The van der Waals surface area contributed by atoms with E-state index in [2.05, 4.69) is 5.10 Å². The van der Waals surface area contributed by atoms with E-state index < -0.39 is 17.7 Å². The summed E-state index contributed by atoms with van der Waals surface area (Å²) in [5.41, 5.74) is -0.570. The van der Waals surface area contributed by atoms with Crippen molar-refractivity contribution in [3.05, 3.63) is 18.0 Å². The van der Waals surface area contributed by atoms with Crippen LogP contribution in [0.3, 0.4) is 0 Å². The van der Waals surface area contributed by atoms with Gasteiger partial charge in [0.1, 0.15) is 5.60 Å². The van der Waals surface area contributed by atoms with Gasteiger partial charge in [-0.1, -0.05) is 0 Å². The number of esters is 1. The Bertz CT molecular complexity index is 417. The lowest BCUT2D eigenvalue weighted by molar-refractivity contribution is 0.00554. The Hall–Kier alpha value is -1.85. The maximum atomic E-state index is 11.8. The van der Waals surface area contributed by atoms with E-state index in [9.17, 15) is 9.59 Å². The number of carbonyl (C=O) groups is 2. The molecule has 0 atom stereocenters. The first-order chi connectivity index (χ1) is 7.85. The number of aromatic nitrogens is 2. The van der Waals surface area contributed by atoms with Gasteiger partial charge in [-0.2, -0.15) is 9.78 Å².